The Morgan fingerprint density at radius 3 is 2.61 bits per heavy atom. The van der Waals surface area contributed by atoms with E-state index < -0.39 is 17.8 Å². The summed E-state index contributed by atoms with van der Waals surface area (Å²) in [4.78, 5) is 0. The molecule has 0 fully saturated rings. The van der Waals surface area contributed by atoms with Crippen molar-refractivity contribution in [2.75, 3.05) is 24.9 Å². The number of aliphatic hydroxyl groups is 1. The lowest BCUT2D eigenvalue weighted by Gasteiger charge is -2.17. The van der Waals surface area contributed by atoms with Crippen LogP contribution in [-0.2, 0) is 6.18 Å². The van der Waals surface area contributed by atoms with Gasteiger partial charge in [0.1, 0.15) is 5.75 Å². The minimum atomic E-state index is -4.50. The van der Waals surface area contributed by atoms with Gasteiger partial charge >= 0.3 is 6.18 Å². The minimum Gasteiger partial charge on any atom is -0.497 e. The fraction of sp³-hybridized carbons (Fsp3) is 0.455. The molecule has 7 heteroatoms. The summed E-state index contributed by atoms with van der Waals surface area (Å²) < 4.78 is 43.1. The summed E-state index contributed by atoms with van der Waals surface area (Å²) in [5.41, 5.74) is -0.962. The number of methoxy groups -OCH3 is 1. The molecule has 0 aliphatic carbocycles. The number of halogens is 4. The van der Waals surface area contributed by atoms with E-state index in [0.29, 0.717) is 0 Å². The van der Waals surface area contributed by atoms with Crippen molar-refractivity contribution >= 4 is 17.3 Å². The first-order chi connectivity index (χ1) is 8.38. The Hall–Kier alpha value is -1.14. The SMILES string of the molecule is COc1ccc(NCC(O)CCl)c(C(F)(F)F)c1. The minimum absolute atomic E-state index is 0.0511. The van der Waals surface area contributed by atoms with Crippen LogP contribution in [0.4, 0.5) is 18.9 Å². The first-order valence-corrected chi connectivity index (χ1v) is 5.65. The van der Waals surface area contributed by atoms with Gasteiger partial charge < -0.3 is 15.2 Å². The third-order valence-electron chi connectivity index (χ3n) is 2.24. The molecular formula is C11H13ClF3NO2. The highest BCUT2D eigenvalue weighted by Crippen LogP contribution is 2.37. The van der Waals surface area contributed by atoms with E-state index in [-0.39, 0.29) is 23.9 Å². The highest BCUT2D eigenvalue weighted by Gasteiger charge is 2.34. The lowest BCUT2D eigenvalue weighted by atomic mass is 10.1. The van der Waals surface area contributed by atoms with Crippen molar-refractivity contribution in [2.24, 2.45) is 0 Å². The molecule has 1 atom stereocenters. The zero-order valence-electron chi connectivity index (χ0n) is 9.59. The molecule has 1 rings (SSSR count). The maximum atomic E-state index is 12.8. The van der Waals surface area contributed by atoms with Crippen LogP contribution < -0.4 is 10.1 Å². The highest BCUT2D eigenvalue weighted by molar-refractivity contribution is 6.18. The van der Waals surface area contributed by atoms with Crippen molar-refractivity contribution in [3.8, 4) is 5.75 Å². The van der Waals surface area contributed by atoms with Crippen LogP contribution in [0.2, 0.25) is 0 Å². The molecule has 3 nitrogen and oxygen atoms in total. The van der Waals surface area contributed by atoms with Crippen molar-refractivity contribution in [1.82, 2.24) is 0 Å². The Kier molecular flexibility index (Phi) is 5.10. The number of aliphatic hydroxyl groups excluding tert-OH is 1. The Bertz CT molecular complexity index is 398. The molecule has 0 aliphatic rings. The average Bonchev–Trinajstić information content (AvgIpc) is 2.34. The summed E-state index contributed by atoms with van der Waals surface area (Å²) in [5.74, 6) is 0.0654. The predicted molar refractivity (Wildman–Crippen MR) is 63.2 cm³/mol. The van der Waals surface area contributed by atoms with E-state index in [1.807, 2.05) is 0 Å². The number of rotatable bonds is 5. The number of alkyl halides is 4. The summed E-state index contributed by atoms with van der Waals surface area (Å²) in [6.07, 6.45) is -5.40. The third kappa shape index (κ3) is 3.96. The van der Waals surface area contributed by atoms with Gasteiger partial charge in [-0.3, -0.25) is 0 Å². The van der Waals surface area contributed by atoms with Crippen LogP contribution >= 0.6 is 11.6 Å². The van der Waals surface area contributed by atoms with Gasteiger partial charge in [0.25, 0.3) is 0 Å². The molecule has 0 aromatic heterocycles. The van der Waals surface area contributed by atoms with E-state index in [9.17, 15) is 18.3 Å². The summed E-state index contributed by atoms with van der Waals surface area (Å²) in [6.45, 7) is -0.0566. The van der Waals surface area contributed by atoms with Gasteiger partial charge in [0.15, 0.2) is 0 Å². The molecule has 0 bridgehead atoms. The molecule has 0 heterocycles. The zero-order valence-corrected chi connectivity index (χ0v) is 10.3. The molecule has 0 aliphatic heterocycles. The van der Waals surface area contributed by atoms with Gasteiger partial charge in [-0.2, -0.15) is 13.2 Å². The molecule has 1 unspecified atom stereocenters. The number of anilines is 1. The van der Waals surface area contributed by atoms with Crippen molar-refractivity contribution in [3.05, 3.63) is 23.8 Å². The quantitative estimate of drug-likeness (QED) is 0.817. The van der Waals surface area contributed by atoms with Crippen molar-refractivity contribution in [3.63, 3.8) is 0 Å². The first-order valence-electron chi connectivity index (χ1n) is 5.11. The number of ether oxygens (including phenoxy) is 1. The third-order valence-corrected chi connectivity index (χ3v) is 2.59. The summed E-state index contributed by atoms with van der Waals surface area (Å²) in [5, 5.41) is 11.7. The Morgan fingerprint density at radius 2 is 2.11 bits per heavy atom. The van der Waals surface area contributed by atoms with Gasteiger partial charge in [-0.1, -0.05) is 0 Å². The van der Waals surface area contributed by atoms with Gasteiger partial charge in [0.05, 0.1) is 24.7 Å². The van der Waals surface area contributed by atoms with E-state index >= 15 is 0 Å². The Morgan fingerprint density at radius 1 is 1.44 bits per heavy atom. The molecule has 102 valence electrons. The first kappa shape index (κ1) is 14.9. The van der Waals surface area contributed by atoms with E-state index in [0.717, 1.165) is 6.07 Å². The van der Waals surface area contributed by atoms with Crippen molar-refractivity contribution in [2.45, 2.75) is 12.3 Å². The lowest BCUT2D eigenvalue weighted by Crippen LogP contribution is -2.22. The molecule has 0 saturated carbocycles. The van der Waals surface area contributed by atoms with Gasteiger partial charge in [0, 0.05) is 12.2 Å². The maximum Gasteiger partial charge on any atom is 0.418 e. The highest BCUT2D eigenvalue weighted by atomic mass is 35.5. The molecule has 18 heavy (non-hydrogen) atoms. The number of hydrogen-bond acceptors (Lipinski definition) is 3. The predicted octanol–water partition coefficient (Wildman–Crippen LogP) is 2.73. The number of benzene rings is 1. The van der Waals surface area contributed by atoms with E-state index in [1.165, 1.54) is 19.2 Å². The molecule has 1 aromatic carbocycles. The van der Waals surface area contributed by atoms with Crippen LogP contribution in [0, 0.1) is 0 Å². The van der Waals surface area contributed by atoms with Gasteiger partial charge in [-0.05, 0) is 18.2 Å². The van der Waals surface area contributed by atoms with Crippen molar-refractivity contribution < 1.29 is 23.0 Å². The standard InChI is InChI=1S/C11H13ClF3NO2/c1-18-8-2-3-10(16-6-7(17)5-12)9(4-8)11(13,14)15/h2-4,7,16-17H,5-6H2,1H3. The monoisotopic (exact) mass is 283 g/mol. The second kappa shape index (κ2) is 6.15. The molecule has 0 radical (unpaired) electrons. The molecule has 0 spiro atoms. The van der Waals surface area contributed by atoms with Crippen LogP contribution in [0.15, 0.2) is 18.2 Å². The molecule has 0 saturated heterocycles. The van der Waals surface area contributed by atoms with E-state index in [1.54, 1.807) is 0 Å². The lowest BCUT2D eigenvalue weighted by molar-refractivity contribution is -0.137. The largest absolute Gasteiger partial charge is 0.497 e. The number of hydrogen-bond donors (Lipinski definition) is 2. The maximum absolute atomic E-state index is 12.8. The van der Waals surface area contributed by atoms with E-state index in [4.69, 9.17) is 16.3 Å². The normalized spacial score (nSPS) is 13.2. The van der Waals surface area contributed by atoms with Crippen LogP contribution in [0.25, 0.3) is 0 Å². The Balaban J connectivity index is 2.96. The van der Waals surface area contributed by atoms with Crippen molar-refractivity contribution in [1.29, 1.82) is 0 Å². The number of nitrogens with one attached hydrogen (secondary N) is 1. The van der Waals surface area contributed by atoms with Gasteiger partial charge in [0.2, 0.25) is 0 Å². The smallest absolute Gasteiger partial charge is 0.418 e. The average molecular weight is 284 g/mol. The van der Waals surface area contributed by atoms with Crippen LogP contribution in [0.1, 0.15) is 5.56 Å². The molecule has 0 amide bonds. The van der Waals surface area contributed by atoms with Crippen LogP contribution in [0.5, 0.6) is 5.75 Å². The van der Waals surface area contributed by atoms with Gasteiger partial charge in [-0.15, -0.1) is 11.6 Å². The van der Waals surface area contributed by atoms with E-state index in [2.05, 4.69) is 5.32 Å². The second-order valence-electron chi connectivity index (χ2n) is 3.60. The summed E-state index contributed by atoms with van der Waals surface area (Å²) in [7, 11) is 1.29. The zero-order chi connectivity index (χ0) is 13.8. The molecule has 2 N–H and O–H groups in total. The second-order valence-corrected chi connectivity index (χ2v) is 3.91. The Labute approximate surface area is 108 Å². The summed E-state index contributed by atoms with van der Waals surface area (Å²) >= 11 is 5.36. The van der Waals surface area contributed by atoms with Crippen LogP contribution in [-0.4, -0.2) is 30.7 Å². The molecule has 1 aromatic rings. The topological polar surface area (TPSA) is 41.5 Å². The van der Waals surface area contributed by atoms with Crippen LogP contribution in [0.3, 0.4) is 0 Å². The molecular weight excluding hydrogens is 271 g/mol. The fourth-order valence-corrected chi connectivity index (χ4v) is 1.43. The fourth-order valence-electron chi connectivity index (χ4n) is 1.32. The summed E-state index contributed by atoms with van der Waals surface area (Å²) in [6, 6.07) is 3.56. The van der Waals surface area contributed by atoms with Gasteiger partial charge in [-0.25, -0.2) is 0 Å².